The van der Waals surface area contributed by atoms with Crippen LogP contribution in [0, 0.1) is 5.92 Å². The standard InChI is InChI=1S/C21H31N3O3/c1-14(2)11-12-21(6)18(26)24(19(27)23-21)13-17(25)22-16-9-7-15(8-10-16)20(3,4)5/h7-10,14H,11-13H2,1-6H3,(H,22,25)(H,23,27)/t21-/m1/s1. The lowest BCUT2D eigenvalue weighted by Gasteiger charge is -2.22. The molecule has 1 aromatic carbocycles. The number of benzene rings is 1. The number of anilines is 1. The first-order chi connectivity index (χ1) is 12.4. The predicted molar refractivity (Wildman–Crippen MR) is 106 cm³/mol. The number of hydrogen-bond acceptors (Lipinski definition) is 3. The van der Waals surface area contributed by atoms with E-state index in [-0.39, 0.29) is 17.9 Å². The highest BCUT2D eigenvalue weighted by atomic mass is 16.2. The lowest BCUT2D eigenvalue weighted by atomic mass is 9.87. The Hall–Kier alpha value is -2.37. The summed E-state index contributed by atoms with van der Waals surface area (Å²) >= 11 is 0. The van der Waals surface area contributed by atoms with Crippen molar-refractivity contribution in [2.24, 2.45) is 5.92 Å². The van der Waals surface area contributed by atoms with Crippen molar-refractivity contribution in [3.63, 3.8) is 0 Å². The molecule has 2 rings (SSSR count). The smallest absolute Gasteiger partial charge is 0.325 e. The molecule has 6 heteroatoms. The summed E-state index contributed by atoms with van der Waals surface area (Å²) in [5, 5.41) is 5.49. The van der Waals surface area contributed by atoms with Crippen LogP contribution in [0.5, 0.6) is 0 Å². The molecule has 0 radical (unpaired) electrons. The molecule has 27 heavy (non-hydrogen) atoms. The normalized spacial score (nSPS) is 20.2. The van der Waals surface area contributed by atoms with Crippen LogP contribution in [-0.4, -0.2) is 34.8 Å². The maximum Gasteiger partial charge on any atom is 0.325 e. The summed E-state index contributed by atoms with van der Waals surface area (Å²) in [6, 6.07) is 7.08. The van der Waals surface area contributed by atoms with E-state index in [2.05, 4.69) is 45.3 Å². The zero-order valence-electron chi connectivity index (χ0n) is 17.2. The Labute approximate surface area is 161 Å². The van der Waals surface area contributed by atoms with E-state index in [0.29, 0.717) is 18.0 Å². The Morgan fingerprint density at radius 2 is 1.78 bits per heavy atom. The highest BCUT2D eigenvalue weighted by Gasteiger charge is 2.47. The van der Waals surface area contributed by atoms with Gasteiger partial charge in [-0.3, -0.25) is 14.5 Å². The Morgan fingerprint density at radius 3 is 2.30 bits per heavy atom. The lowest BCUT2D eigenvalue weighted by molar-refractivity contribution is -0.133. The molecule has 2 N–H and O–H groups in total. The van der Waals surface area contributed by atoms with Gasteiger partial charge in [0.2, 0.25) is 5.91 Å². The molecule has 1 fully saturated rings. The fourth-order valence-electron chi connectivity index (χ4n) is 3.04. The van der Waals surface area contributed by atoms with Gasteiger partial charge < -0.3 is 10.6 Å². The van der Waals surface area contributed by atoms with Crippen molar-refractivity contribution in [2.75, 3.05) is 11.9 Å². The third kappa shape index (κ3) is 5.08. The first-order valence-corrected chi connectivity index (χ1v) is 9.47. The van der Waals surface area contributed by atoms with Crippen LogP contribution in [0.1, 0.15) is 59.9 Å². The maximum atomic E-state index is 12.7. The molecule has 0 bridgehead atoms. The molecule has 1 aliphatic heterocycles. The van der Waals surface area contributed by atoms with Crippen LogP contribution in [0.4, 0.5) is 10.5 Å². The number of carbonyl (C=O) groups is 3. The van der Waals surface area contributed by atoms with Crippen LogP contribution in [0.15, 0.2) is 24.3 Å². The van der Waals surface area contributed by atoms with Gasteiger partial charge in [-0.15, -0.1) is 0 Å². The summed E-state index contributed by atoms with van der Waals surface area (Å²) < 4.78 is 0. The summed E-state index contributed by atoms with van der Waals surface area (Å²) in [7, 11) is 0. The summed E-state index contributed by atoms with van der Waals surface area (Å²) in [5.41, 5.74) is 0.900. The van der Waals surface area contributed by atoms with Crippen molar-refractivity contribution in [2.45, 2.75) is 65.3 Å². The molecule has 0 aromatic heterocycles. The van der Waals surface area contributed by atoms with Gasteiger partial charge in [-0.2, -0.15) is 0 Å². The molecular formula is C21H31N3O3. The quantitative estimate of drug-likeness (QED) is 0.747. The van der Waals surface area contributed by atoms with Crippen LogP contribution in [0.3, 0.4) is 0 Å². The second-order valence-corrected chi connectivity index (χ2v) is 8.96. The number of nitrogens with zero attached hydrogens (tertiary/aromatic N) is 1. The van der Waals surface area contributed by atoms with Crippen molar-refractivity contribution in [3.05, 3.63) is 29.8 Å². The van der Waals surface area contributed by atoms with E-state index in [0.717, 1.165) is 16.9 Å². The lowest BCUT2D eigenvalue weighted by Crippen LogP contribution is -2.44. The first-order valence-electron chi connectivity index (χ1n) is 9.47. The number of hydrogen-bond donors (Lipinski definition) is 2. The fraction of sp³-hybridized carbons (Fsp3) is 0.571. The van der Waals surface area contributed by atoms with E-state index in [1.807, 2.05) is 24.3 Å². The van der Waals surface area contributed by atoms with E-state index in [1.165, 1.54) is 0 Å². The van der Waals surface area contributed by atoms with Gasteiger partial charge >= 0.3 is 6.03 Å². The summed E-state index contributed by atoms with van der Waals surface area (Å²) in [6.07, 6.45) is 1.38. The molecule has 1 aliphatic rings. The van der Waals surface area contributed by atoms with Crippen molar-refractivity contribution < 1.29 is 14.4 Å². The van der Waals surface area contributed by atoms with Gasteiger partial charge in [0.05, 0.1) is 0 Å². The highest BCUT2D eigenvalue weighted by Crippen LogP contribution is 2.25. The second-order valence-electron chi connectivity index (χ2n) is 8.96. The average molecular weight is 373 g/mol. The molecule has 0 unspecified atom stereocenters. The highest BCUT2D eigenvalue weighted by molar-refractivity contribution is 6.09. The number of imide groups is 1. The van der Waals surface area contributed by atoms with Gasteiger partial charge in [-0.05, 0) is 48.8 Å². The number of carbonyl (C=O) groups excluding carboxylic acids is 3. The fourth-order valence-corrected chi connectivity index (χ4v) is 3.04. The molecule has 0 saturated carbocycles. The summed E-state index contributed by atoms with van der Waals surface area (Å²) in [6.45, 7) is 11.9. The van der Waals surface area contributed by atoms with Gasteiger partial charge in [0.15, 0.2) is 0 Å². The molecule has 1 atom stereocenters. The van der Waals surface area contributed by atoms with Crippen molar-refractivity contribution in [3.8, 4) is 0 Å². The number of urea groups is 1. The molecule has 1 heterocycles. The Morgan fingerprint density at radius 1 is 1.19 bits per heavy atom. The van der Waals surface area contributed by atoms with Gasteiger partial charge in [0.1, 0.15) is 12.1 Å². The molecule has 4 amide bonds. The molecule has 0 spiro atoms. The van der Waals surface area contributed by atoms with Crippen molar-refractivity contribution in [1.82, 2.24) is 10.2 Å². The van der Waals surface area contributed by atoms with Crippen LogP contribution in [0.25, 0.3) is 0 Å². The average Bonchev–Trinajstić information content (AvgIpc) is 2.76. The van der Waals surface area contributed by atoms with Gasteiger partial charge in [-0.1, -0.05) is 46.8 Å². The Bertz CT molecular complexity index is 719. The van der Waals surface area contributed by atoms with Crippen LogP contribution < -0.4 is 10.6 Å². The monoisotopic (exact) mass is 373 g/mol. The number of amides is 4. The second kappa shape index (κ2) is 7.71. The topological polar surface area (TPSA) is 78.5 Å². The largest absolute Gasteiger partial charge is 0.325 e. The van der Waals surface area contributed by atoms with Gasteiger partial charge in [0, 0.05) is 5.69 Å². The minimum absolute atomic E-state index is 0.0308. The number of nitrogens with one attached hydrogen (secondary N) is 2. The van der Waals surface area contributed by atoms with Crippen LogP contribution >= 0.6 is 0 Å². The van der Waals surface area contributed by atoms with E-state index < -0.39 is 17.5 Å². The number of rotatable bonds is 6. The molecule has 0 aliphatic carbocycles. The van der Waals surface area contributed by atoms with Crippen molar-refractivity contribution in [1.29, 1.82) is 0 Å². The zero-order valence-corrected chi connectivity index (χ0v) is 17.2. The van der Waals surface area contributed by atoms with E-state index in [1.54, 1.807) is 6.92 Å². The van der Waals surface area contributed by atoms with Gasteiger partial charge in [0.25, 0.3) is 5.91 Å². The summed E-state index contributed by atoms with van der Waals surface area (Å²) in [5.74, 6) is -0.304. The van der Waals surface area contributed by atoms with E-state index in [4.69, 9.17) is 0 Å². The first kappa shape index (κ1) is 20.9. The minimum atomic E-state index is -0.935. The minimum Gasteiger partial charge on any atom is -0.325 e. The predicted octanol–water partition coefficient (Wildman–Crippen LogP) is 3.67. The molecule has 1 saturated heterocycles. The summed E-state index contributed by atoms with van der Waals surface area (Å²) in [4.78, 5) is 38.2. The maximum absolute atomic E-state index is 12.7. The Kier molecular flexibility index (Phi) is 5.97. The molecular weight excluding hydrogens is 342 g/mol. The zero-order chi connectivity index (χ0) is 20.4. The van der Waals surface area contributed by atoms with Crippen molar-refractivity contribution >= 4 is 23.5 Å². The molecule has 148 valence electrons. The van der Waals surface area contributed by atoms with E-state index in [9.17, 15) is 14.4 Å². The SMILES string of the molecule is CC(C)CC[C@@]1(C)NC(=O)N(CC(=O)Nc2ccc(C(C)(C)C)cc2)C1=O. The van der Waals surface area contributed by atoms with Crippen LogP contribution in [-0.2, 0) is 15.0 Å². The molecule has 1 aromatic rings. The van der Waals surface area contributed by atoms with E-state index >= 15 is 0 Å². The Balaban J connectivity index is 1.99. The van der Waals surface area contributed by atoms with Gasteiger partial charge in [-0.25, -0.2) is 4.79 Å². The third-order valence-corrected chi connectivity index (χ3v) is 4.90. The molecule has 6 nitrogen and oxygen atoms in total. The third-order valence-electron chi connectivity index (χ3n) is 4.90. The van der Waals surface area contributed by atoms with Crippen LogP contribution in [0.2, 0.25) is 0 Å².